The summed E-state index contributed by atoms with van der Waals surface area (Å²) in [5, 5.41) is 23.1. The molecule has 1 atom stereocenters. The number of hydrogen-bond donors (Lipinski definition) is 5. The van der Waals surface area contributed by atoms with Crippen molar-refractivity contribution in [2.75, 3.05) is 25.5 Å². The maximum atomic E-state index is 13.1. The first-order valence-electron chi connectivity index (χ1n) is 11.3. The van der Waals surface area contributed by atoms with Crippen molar-refractivity contribution in [2.45, 2.75) is 12.6 Å². The first-order chi connectivity index (χ1) is 18.2. The van der Waals surface area contributed by atoms with Crippen molar-refractivity contribution in [3.8, 4) is 11.3 Å². The Labute approximate surface area is 227 Å². The number of aliphatic imine (C=N–C) groups is 1. The van der Waals surface area contributed by atoms with Gasteiger partial charge in [-0.15, -0.1) is 0 Å². The molecule has 1 aliphatic rings. The third kappa shape index (κ3) is 5.72. The fourth-order valence-corrected chi connectivity index (χ4v) is 4.29. The van der Waals surface area contributed by atoms with Gasteiger partial charge in [-0.2, -0.15) is 4.99 Å². The van der Waals surface area contributed by atoms with E-state index < -0.39 is 18.6 Å². The van der Waals surface area contributed by atoms with Crippen molar-refractivity contribution < 1.29 is 14.7 Å². The molecule has 2 amide bonds. The first kappa shape index (κ1) is 26.9. The van der Waals surface area contributed by atoms with E-state index in [4.69, 9.17) is 34.3 Å². The van der Waals surface area contributed by atoms with Gasteiger partial charge in [0.25, 0.3) is 11.9 Å². The molecule has 3 aromatic rings. The summed E-state index contributed by atoms with van der Waals surface area (Å²) in [5.74, 6) is -0.360. The molecular weight excluding hydrogens is 533 g/mol. The van der Waals surface area contributed by atoms with Crippen LogP contribution in [0.3, 0.4) is 0 Å². The third-order valence-electron chi connectivity index (χ3n) is 5.68. The SMILES string of the molecule is CNc1ccc(Cl)c(C(CO)NC(=O)CN2Cc3ccc(-c4nc(/N=C(/N)C=N)ncc4Cl)cc3C2=O)n1. The van der Waals surface area contributed by atoms with Crippen molar-refractivity contribution in [1.82, 2.24) is 25.2 Å². The Morgan fingerprint density at radius 3 is 2.79 bits per heavy atom. The molecule has 0 aliphatic carbocycles. The molecule has 6 N–H and O–H groups in total. The summed E-state index contributed by atoms with van der Waals surface area (Å²) in [6.45, 7) is -0.443. The largest absolute Gasteiger partial charge is 0.394 e. The molecule has 1 unspecified atom stereocenters. The monoisotopic (exact) mass is 555 g/mol. The number of anilines is 1. The molecule has 196 valence electrons. The van der Waals surface area contributed by atoms with Gasteiger partial charge < -0.3 is 31.8 Å². The minimum atomic E-state index is -0.853. The molecule has 3 heterocycles. The summed E-state index contributed by atoms with van der Waals surface area (Å²) in [4.78, 5) is 43.9. The van der Waals surface area contributed by atoms with Crippen LogP contribution in [0.15, 0.2) is 41.5 Å². The molecule has 1 aromatic carbocycles. The highest BCUT2D eigenvalue weighted by Gasteiger charge is 2.30. The second-order valence-electron chi connectivity index (χ2n) is 8.20. The zero-order valence-corrected chi connectivity index (χ0v) is 21.6. The zero-order chi connectivity index (χ0) is 27.4. The lowest BCUT2D eigenvalue weighted by Crippen LogP contribution is -2.40. The van der Waals surface area contributed by atoms with Crippen LogP contribution in [0.5, 0.6) is 0 Å². The van der Waals surface area contributed by atoms with E-state index in [2.05, 4.69) is 30.6 Å². The van der Waals surface area contributed by atoms with Gasteiger partial charge >= 0.3 is 0 Å². The smallest absolute Gasteiger partial charge is 0.254 e. The van der Waals surface area contributed by atoms with Crippen LogP contribution in [-0.4, -0.2) is 69.0 Å². The van der Waals surface area contributed by atoms with Crippen molar-refractivity contribution in [3.05, 3.63) is 63.4 Å². The number of aromatic nitrogens is 3. The van der Waals surface area contributed by atoms with E-state index in [1.54, 1.807) is 37.4 Å². The van der Waals surface area contributed by atoms with Crippen LogP contribution >= 0.6 is 23.2 Å². The van der Waals surface area contributed by atoms with Crippen LogP contribution < -0.4 is 16.4 Å². The number of pyridine rings is 1. The van der Waals surface area contributed by atoms with Gasteiger partial charge in [-0.3, -0.25) is 9.59 Å². The third-order valence-corrected chi connectivity index (χ3v) is 6.28. The number of aliphatic hydroxyl groups is 1. The minimum absolute atomic E-state index is 0.0174. The lowest BCUT2D eigenvalue weighted by atomic mass is 10.0. The molecule has 2 aromatic heterocycles. The molecular formula is C24H23Cl2N9O3. The van der Waals surface area contributed by atoms with E-state index in [1.807, 2.05) is 0 Å². The van der Waals surface area contributed by atoms with Crippen LogP contribution in [0.1, 0.15) is 27.7 Å². The number of nitrogens with zero attached hydrogens (tertiary/aromatic N) is 5. The second-order valence-corrected chi connectivity index (χ2v) is 9.01. The fourth-order valence-electron chi connectivity index (χ4n) is 3.85. The van der Waals surface area contributed by atoms with Gasteiger partial charge in [0.2, 0.25) is 5.91 Å². The molecule has 12 nitrogen and oxygen atoms in total. The molecule has 0 bridgehead atoms. The highest BCUT2D eigenvalue weighted by atomic mass is 35.5. The van der Waals surface area contributed by atoms with Gasteiger partial charge in [0, 0.05) is 24.7 Å². The number of nitrogens with two attached hydrogens (primary N) is 1. The van der Waals surface area contributed by atoms with E-state index in [1.165, 1.54) is 11.1 Å². The number of fused-ring (bicyclic) bond motifs is 1. The second kappa shape index (κ2) is 11.5. The Kier molecular flexibility index (Phi) is 8.15. The maximum absolute atomic E-state index is 13.1. The van der Waals surface area contributed by atoms with Crippen LogP contribution in [-0.2, 0) is 11.3 Å². The van der Waals surface area contributed by atoms with E-state index in [0.29, 0.717) is 33.4 Å². The summed E-state index contributed by atoms with van der Waals surface area (Å²) in [5.41, 5.74) is 7.88. The number of hydrogen-bond acceptors (Lipinski definition) is 9. The van der Waals surface area contributed by atoms with E-state index in [0.717, 1.165) is 11.8 Å². The number of halogens is 2. The van der Waals surface area contributed by atoms with E-state index in [-0.39, 0.29) is 35.8 Å². The summed E-state index contributed by atoms with van der Waals surface area (Å²) >= 11 is 12.5. The van der Waals surface area contributed by atoms with Gasteiger partial charge in [0.05, 0.1) is 46.5 Å². The first-order valence-corrected chi connectivity index (χ1v) is 12.0. The summed E-state index contributed by atoms with van der Waals surface area (Å²) < 4.78 is 0. The van der Waals surface area contributed by atoms with Gasteiger partial charge in [0.15, 0.2) is 0 Å². The molecule has 4 rings (SSSR count). The Morgan fingerprint density at radius 2 is 2.08 bits per heavy atom. The van der Waals surface area contributed by atoms with Crippen molar-refractivity contribution in [3.63, 3.8) is 0 Å². The fraction of sp³-hybridized carbons (Fsp3) is 0.208. The number of rotatable bonds is 9. The molecule has 0 saturated heterocycles. The normalized spacial score (nSPS) is 13.7. The number of carbonyl (C=O) groups excluding carboxylic acids is 2. The van der Waals surface area contributed by atoms with Gasteiger partial charge in [-0.25, -0.2) is 15.0 Å². The van der Waals surface area contributed by atoms with Crippen LogP contribution in [0, 0.1) is 5.41 Å². The van der Waals surface area contributed by atoms with Crippen molar-refractivity contribution >= 4 is 58.8 Å². The predicted molar refractivity (Wildman–Crippen MR) is 144 cm³/mol. The molecule has 14 heteroatoms. The lowest BCUT2D eigenvalue weighted by Gasteiger charge is -2.20. The Balaban J connectivity index is 1.50. The van der Waals surface area contributed by atoms with Crippen LogP contribution in [0.25, 0.3) is 11.3 Å². The Morgan fingerprint density at radius 1 is 1.29 bits per heavy atom. The van der Waals surface area contributed by atoms with Crippen LogP contribution in [0.4, 0.5) is 11.8 Å². The Hall–Kier alpha value is -4.13. The predicted octanol–water partition coefficient (Wildman–Crippen LogP) is 2.33. The summed E-state index contributed by atoms with van der Waals surface area (Å²) in [7, 11) is 1.69. The van der Waals surface area contributed by atoms with E-state index >= 15 is 0 Å². The topological polar surface area (TPSA) is 183 Å². The van der Waals surface area contributed by atoms with Crippen molar-refractivity contribution in [2.24, 2.45) is 10.7 Å². The maximum Gasteiger partial charge on any atom is 0.254 e. The highest BCUT2D eigenvalue weighted by molar-refractivity contribution is 6.33. The average Bonchev–Trinajstić information content (AvgIpc) is 3.22. The molecule has 0 fully saturated rings. The molecule has 0 spiro atoms. The molecule has 0 saturated carbocycles. The van der Waals surface area contributed by atoms with Gasteiger partial charge in [-0.05, 0) is 23.8 Å². The van der Waals surface area contributed by atoms with Gasteiger partial charge in [0.1, 0.15) is 18.2 Å². The minimum Gasteiger partial charge on any atom is -0.394 e. The number of amidine groups is 1. The number of amides is 2. The zero-order valence-electron chi connectivity index (χ0n) is 20.1. The quantitative estimate of drug-likeness (QED) is 0.197. The summed E-state index contributed by atoms with van der Waals surface area (Å²) in [6, 6.07) is 7.59. The number of benzene rings is 1. The molecule has 0 radical (unpaired) electrons. The average molecular weight is 556 g/mol. The van der Waals surface area contributed by atoms with Gasteiger partial charge in [-0.1, -0.05) is 35.3 Å². The molecule has 38 heavy (non-hydrogen) atoms. The molecule has 1 aliphatic heterocycles. The summed E-state index contributed by atoms with van der Waals surface area (Å²) in [6.07, 6.45) is 2.22. The Bertz CT molecular complexity index is 1450. The van der Waals surface area contributed by atoms with Crippen molar-refractivity contribution in [1.29, 1.82) is 5.41 Å². The highest BCUT2D eigenvalue weighted by Crippen LogP contribution is 2.32. The standard InChI is InChI=1S/C24H23Cl2N9O3/c1-29-19-5-4-15(25)22(33-19)17(11-36)31-20(37)10-35-9-13-3-2-12(6-14(13)23(35)38)21-16(26)8-30-24(34-21)32-18(28)7-27/h2-8,17,27,36H,9-11H2,1H3,(H,29,33)(H,31,37)(H2,28,30,32,34). The number of aliphatic hydroxyl groups excluding tert-OH is 1. The lowest BCUT2D eigenvalue weighted by molar-refractivity contribution is -0.122. The van der Waals surface area contributed by atoms with Crippen LogP contribution in [0.2, 0.25) is 10.0 Å². The number of nitrogens with one attached hydrogen (secondary N) is 3. The van der Waals surface area contributed by atoms with E-state index in [9.17, 15) is 14.7 Å². The number of carbonyl (C=O) groups is 2.